The van der Waals surface area contributed by atoms with Crippen LogP contribution in [0.2, 0.25) is 0 Å². The molecule has 1 amide bonds. The SMILES string of the molecule is CC(C)CN(C(=O)CN1CCC[C@@H]1CO)C1CC1. The summed E-state index contributed by atoms with van der Waals surface area (Å²) in [5.74, 6) is 0.785. The fraction of sp³-hybridized carbons (Fsp3) is 0.929. The van der Waals surface area contributed by atoms with Crippen molar-refractivity contribution < 1.29 is 9.90 Å². The van der Waals surface area contributed by atoms with Gasteiger partial charge in [0, 0.05) is 18.6 Å². The highest BCUT2D eigenvalue weighted by Crippen LogP contribution is 2.28. The van der Waals surface area contributed by atoms with Gasteiger partial charge >= 0.3 is 0 Å². The van der Waals surface area contributed by atoms with Crippen molar-refractivity contribution in [3.63, 3.8) is 0 Å². The van der Waals surface area contributed by atoms with Crippen molar-refractivity contribution >= 4 is 5.91 Å². The molecule has 0 aromatic carbocycles. The fourth-order valence-corrected chi connectivity index (χ4v) is 2.81. The third kappa shape index (κ3) is 3.45. The number of aliphatic hydroxyl groups excluding tert-OH is 1. The van der Waals surface area contributed by atoms with Crippen LogP contribution in [0.1, 0.15) is 39.5 Å². The Kier molecular flexibility index (Phi) is 4.62. The van der Waals surface area contributed by atoms with Crippen molar-refractivity contribution in [2.75, 3.05) is 26.2 Å². The predicted octanol–water partition coefficient (Wildman–Crippen LogP) is 1.09. The summed E-state index contributed by atoms with van der Waals surface area (Å²) in [6.45, 7) is 6.83. The quantitative estimate of drug-likeness (QED) is 0.771. The molecule has 18 heavy (non-hydrogen) atoms. The smallest absolute Gasteiger partial charge is 0.237 e. The van der Waals surface area contributed by atoms with E-state index >= 15 is 0 Å². The molecule has 1 aliphatic heterocycles. The van der Waals surface area contributed by atoms with Gasteiger partial charge in [-0.2, -0.15) is 0 Å². The minimum atomic E-state index is 0.181. The third-order valence-electron chi connectivity index (χ3n) is 3.92. The molecule has 0 bridgehead atoms. The highest BCUT2D eigenvalue weighted by molar-refractivity contribution is 5.79. The summed E-state index contributed by atoms with van der Waals surface area (Å²) in [4.78, 5) is 16.6. The Balaban J connectivity index is 1.88. The molecule has 0 aromatic heterocycles. The van der Waals surface area contributed by atoms with Crippen LogP contribution in [0, 0.1) is 5.92 Å². The van der Waals surface area contributed by atoms with Crippen LogP contribution >= 0.6 is 0 Å². The van der Waals surface area contributed by atoms with Crippen molar-refractivity contribution in [3.8, 4) is 0 Å². The van der Waals surface area contributed by atoms with Crippen molar-refractivity contribution in [2.24, 2.45) is 5.92 Å². The van der Waals surface area contributed by atoms with Gasteiger partial charge in [-0.05, 0) is 38.1 Å². The molecule has 104 valence electrons. The highest BCUT2D eigenvalue weighted by atomic mass is 16.3. The van der Waals surface area contributed by atoms with Gasteiger partial charge in [-0.1, -0.05) is 13.8 Å². The number of hydrogen-bond acceptors (Lipinski definition) is 3. The van der Waals surface area contributed by atoms with Gasteiger partial charge in [0.25, 0.3) is 0 Å². The number of rotatable bonds is 6. The molecule has 1 N–H and O–H groups in total. The molecule has 0 radical (unpaired) electrons. The van der Waals surface area contributed by atoms with E-state index in [9.17, 15) is 9.90 Å². The van der Waals surface area contributed by atoms with Crippen LogP contribution < -0.4 is 0 Å². The lowest BCUT2D eigenvalue weighted by Gasteiger charge is -2.29. The van der Waals surface area contributed by atoms with Crippen molar-refractivity contribution in [3.05, 3.63) is 0 Å². The van der Waals surface area contributed by atoms with Gasteiger partial charge in [-0.15, -0.1) is 0 Å². The third-order valence-corrected chi connectivity index (χ3v) is 3.92. The molecule has 1 aliphatic carbocycles. The number of nitrogens with zero attached hydrogens (tertiary/aromatic N) is 2. The molecular formula is C14H26N2O2. The standard InChI is InChI=1S/C14H26N2O2/c1-11(2)8-16(12-5-6-12)14(18)9-15-7-3-4-13(15)10-17/h11-13,17H,3-10H2,1-2H3/t13-/m1/s1. The minimum Gasteiger partial charge on any atom is -0.395 e. The number of aliphatic hydroxyl groups is 1. The molecule has 1 heterocycles. The van der Waals surface area contributed by atoms with Crippen LogP contribution in [-0.2, 0) is 4.79 Å². The van der Waals surface area contributed by atoms with Crippen LogP contribution in [0.3, 0.4) is 0 Å². The lowest BCUT2D eigenvalue weighted by Crippen LogP contribution is -2.45. The molecule has 2 aliphatic rings. The summed E-state index contributed by atoms with van der Waals surface area (Å²) in [7, 11) is 0. The summed E-state index contributed by atoms with van der Waals surface area (Å²) in [6, 6.07) is 0.698. The van der Waals surface area contributed by atoms with E-state index in [0.29, 0.717) is 18.5 Å². The topological polar surface area (TPSA) is 43.8 Å². The van der Waals surface area contributed by atoms with Crippen molar-refractivity contribution in [1.29, 1.82) is 0 Å². The van der Waals surface area contributed by atoms with Crippen LogP contribution in [0.4, 0.5) is 0 Å². The maximum absolute atomic E-state index is 12.4. The normalized spacial score (nSPS) is 24.8. The second kappa shape index (κ2) is 6.02. The van der Waals surface area contributed by atoms with Gasteiger partial charge in [0.2, 0.25) is 5.91 Å². The molecular weight excluding hydrogens is 228 g/mol. The molecule has 4 nitrogen and oxygen atoms in total. The zero-order valence-corrected chi connectivity index (χ0v) is 11.6. The average molecular weight is 254 g/mol. The van der Waals surface area contributed by atoms with E-state index in [4.69, 9.17) is 0 Å². The van der Waals surface area contributed by atoms with E-state index in [1.54, 1.807) is 0 Å². The van der Waals surface area contributed by atoms with Crippen molar-refractivity contribution in [1.82, 2.24) is 9.80 Å². The first-order chi connectivity index (χ1) is 8.61. The zero-order valence-electron chi connectivity index (χ0n) is 11.6. The largest absolute Gasteiger partial charge is 0.395 e. The highest BCUT2D eigenvalue weighted by Gasteiger charge is 2.34. The maximum Gasteiger partial charge on any atom is 0.237 e. The lowest BCUT2D eigenvalue weighted by atomic mass is 10.2. The monoisotopic (exact) mass is 254 g/mol. The summed E-state index contributed by atoms with van der Waals surface area (Å²) in [5.41, 5.74) is 0. The molecule has 0 unspecified atom stereocenters. The Morgan fingerprint density at radius 2 is 2.11 bits per heavy atom. The Hall–Kier alpha value is -0.610. The molecule has 4 heteroatoms. The van der Waals surface area contributed by atoms with Gasteiger partial charge in [0.15, 0.2) is 0 Å². The van der Waals surface area contributed by atoms with E-state index in [2.05, 4.69) is 23.6 Å². The lowest BCUT2D eigenvalue weighted by molar-refractivity contribution is -0.133. The molecule has 1 saturated carbocycles. The van der Waals surface area contributed by atoms with E-state index in [0.717, 1.165) is 25.9 Å². The van der Waals surface area contributed by atoms with Gasteiger partial charge < -0.3 is 10.0 Å². The number of hydrogen-bond donors (Lipinski definition) is 1. The number of carbonyl (C=O) groups is 1. The first-order valence-corrected chi connectivity index (χ1v) is 7.26. The van der Waals surface area contributed by atoms with Crippen LogP contribution in [-0.4, -0.2) is 59.1 Å². The molecule has 2 rings (SSSR count). The average Bonchev–Trinajstić information content (AvgIpc) is 3.06. The minimum absolute atomic E-state index is 0.181. The predicted molar refractivity (Wildman–Crippen MR) is 71.3 cm³/mol. The molecule has 0 spiro atoms. The number of amides is 1. The Labute approximate surface area is 110 Å². The summed E-state index contributed by atoms with van der Waals surface area (Å²) in [6.07, 6.45) is 4.47. The van der Waals surface area contributed by atoms with Crippen LogP contribution in [0.25, 0.3) is 0 Å². The maximum atomic E-state index is 12.4. The van der Waals surface area contributed by atoms with Crippen LogP contribution in [0.15, 0.2) is 0 Å². The Morgan fingerprint density at radius 1 is 1.39 bits per heavy atom. The van der Waals surface area contributed by atoms with Gasteiger partial charge in [0.05, 0.1) is 13.2 Å². The van der Waals surface area contributed by atoms with Gasteiger partial charge in [0.1, 0.15) is 0 Å². The van der Waals surface area contributed by atoms with Crippen molar-refractivity contribution in [2.45, 2.75) is 51.6 Å². The fourth-order valence-electron chi connectivity index (χ4n) is 2.81. The summed E-state index contributed by atoms with van der Waals surface area (Å²) in [5, 5.41) is 9.29. The van der Waals surface area contributed by atoms with E-state index < -0.39 is 0 Å². The first kappa shape index (κ1) is 13.8. The zero-order chi connectivity index (χ0) is 13.1. The number of likely N-dealkylation sites (tertiary alicyclic amines) is 1. The van der Waals surface area contributed by atoms with Gasteiger partial charge in [-0.3, -0.25) is 9.69 Å². The summed E-state index contributed by atoms with van der Waals surface area (Å²) >= 11 is 0. The van der Waals surface area contributed by atoms with Crippen LogP contribution in [0.5, 0.6) is 0 Å². The van der Waals surface area contributed by atoms with E-state index in [1.165, 1.54) is 12.8 Å². The van der Waals surface area contributed by atoms with E-state index in [1.807, 2.05) is 0 Å². The van der Waals surface area contributed by atoms with E-state index in [-0.39, 0.29) is 18.6 Å². The first-order valence-electron chi connectivity index (χ1n) is 7.26. The van der Waals surface area contributed by atoms with Gasteiger partial charge in [-0.25, -0.2) is 0 Å². The molecule has 1 atom stereocenters. The molecule has 2 fully saturated rings. The second-order valence-electron chi connectivity index (χ2n) is 6.12. The molecule has 0 aromatic rings. The summed E-state index contributed by atoms with van der Waals surface area (Å²) < 4.78 is 0. The Morgan fingerprint density at radius 3 is 2.67 bits per heavy atom. The number of carbonyl (C=O) groups excluding carboxylic acids is 1. The Bertz CT molecular complexity index is 290. The molecule has 1 saturated heterocycles. The second-order valence-corrected chi connectivity index (χ2v) is 6.12.